The zero-order chi connectivity index (χ0) is 12.5. The number of piperidine rings is 1. The molecule has 1 amide bonds. The largest absolute Gasteiger partial charge is 0.341 e. The maximum absolute atomic E-state index is 12.2. The third-order valence-corrected chi connectivity index (χ3v) is 4.96. The molecule has 0 aromatic heterocycles. The second kappa shape index (κ2) is 6.25. The molecule has 1 heterocycles. The van der Waals surface area contributed by atoms with Crippen LogP contribution in [0.4, 0.5) is 0 Å². The number of carbonyl (C=O) groups excluding carboxylic acids is 1. The minimum Gasteiger partial charge on any atom is -0.341 e. The van der Waals surface area contributed by atoms with Crippen LogP contribution in [0.1, 0.15) is 52.4 Å². The highest BCUT2D eigenvalue weighted by Gasteiger charge is 2.46. The summed E-state index contributed by atoms with van der Waals surface area (Å²) in [6, 6.07) is -0.273. The van der Waals surface area contributed by atoms with Crippen molar-refractivity contribution >= 4 is 18.3 Å². The number of rotatable bonds is 3. The SMILES string of the molecule is CCCC(N)C(=O)N1CCC(C)C2(CCC2)C1.Cl. The molecule has 2 rings (SSSR count). The first-order valence-electron chi connectivity index (χ1n) is 7.13. The van der Waals surface area contributed by atoms with E-state index in [0.29, 0.717) is 5.41 Å². The predicted octanol–water partition coefficient (Wildman–Crippen LogP) is 2.57. The third kappa shape index (κ3) is 2.83. The van der Waals surface area contributed by atoms with Crippen molar-refractivity contribution in [3.05, 3.63) is 0 Å². The lowest BCUT2D eigenvalue weighted by atomic mass is 9.59. The zero-order valence-electron chi connectivity index (χ0n) is 11.7. The van der Waals surface area contributed by atoms with E-state index in [1.807, 2.05) is 4.90 Å². The molecule has 2 atom stereocenters. The van der Waals surface area contributed by atoms with Gasteiger partial charge in [-0.15, -0.1) is 12.4 Å². The fraction of sp³-hybridized carbons (Fsp3) is 0.929. The van der Waals surface area contributed by atoms with Crippen LogP contribution in [-0.4, -0.2) is 29.9 Å². The molecule has 18 heavy (non-hydrogen) atoms. The topological polar surface area (TPSA) is 46.3 Å². The summed E-state index contributed by atoms with van der Waals surface area (Å²) in [6.07, 6.45) is 6.92. The number of halogens is 1. The lowest BCUT2D eigenvalue weighted by molar-refractivity contribution is -0.140. The summed E-state index contributed by atoms with van der Waals surface area (Å²) in [7, 11) is 0. The van der Waals surface area contributed by atoms with Crippen molar-refractivity contribution in [1.29, 1.82) is 0 Å². The van der Waals surface area contributed by atoms with Crippen LogP contribution in [0.3, 0.4) is 0 Å². The van der Waals surface area contributed by atoms with Crippen LogP contribution in [0.25, 0.3) is 0 Å². The van der Waals surface area contributed by atoms with Crippen LogP contribution >= 0.6 is 12.4 Å². The van der Waals surface area contributed by atoms with Gasteiger partial charge in [0.25, 0.3) is 0 Å². The van der Waals surface area contributed by atoms with E-state index in [1.165, 1.54) is 19.3 Å². The van der Waals surface area contributed by atoms with Gasteiger partial charge in [0, 0.05) is 13.1 Å². The van der Waals surface area contributed by atoms with Gasteiger partial charge in [0.2, 0.25) is 5.91 Å². The highest BCUT2D eigenvalue weighted by molar-refractivity contribution is 5.85. The molecule has 3 nitrogen and oxygen atoms in total. The molecule has 1 saturated carbocycles. The fourth-order valence-electron chi connectivity index (χ4n) is 3.41. The first-order valence-corrected chi connectivity index (χ1v) is 7.13. The Hall–Kier alpha value is -0.280. The Bertz CT molecular complexity index is 292. The molecular weight excluding hydrogens is 248 g/mol. The van der Waals surface area contributed by atoms with Crippen LogP contribution in [0, 0.1) is 11.3 Å². The van der Waals surface area contributed by atoms with Gasteiger partial charge in [-0.3, -0.25) is 4.79 Å². The van der Waals surface area contributed by atoms with Crippen molar-refractivity contribution in [2.75, 3.05) is 13.1 Å². The molecule has 0 bridgehead atoms. The third-order valence-electron chi connectivity index (χ3n) is 4.96. The van der Waals surface area contributed by atoms with Crippen LogP contribution in [0.2, 0.25) is 0 Å². The number of carbonyl (C=O) groups is 1. The number of likely N-dealkylation sites (tertiary alicyclic amines) is 1. The summed E-state index contributed by atoms with van der Waals surface area (Å²) in [6.45, 7) is 6.31. The smallest absolute Gasteiger partial charge is 0.239 e. The molecule has 106 valence electrons. The minimum absolute atomic E-state index is 0. The van der Waals surface area contributed by atoms with E-state index in [9.17, 15) is 4.79 Å². The average molecular weight is 275 g/mol. The van der Waals surface area contributed by atoms with Crippen molar-refractivity contribution in [2.45, 2.75) is 58.4 Å². The number of nitrogens with two attached hydrogens (primary N) is 1. The quantitative estimate of drug-likeness (QED) is 0.860. The molecule has 2 unspecified atom stereocenters. The number of hydrogen-bond acceptors (Lipinski definition) is 2. The normalized spacial score (nSPS) is 27.3. The molecule has 1 aliphatic heterocycles. The van der Waals surface area contributed by atoms with Gasteiger partial charge in [-0.05, 0) is 37.0 Å². The molecular formula is C14H27ClN2O. The van der Waals surface area contributed by atoms with Crippen LogP contribution in [0.5, 0.6) is 0 Å². The summed E-state index contributed by atoms with van der Waals surface area (Å²) >= 11 is 0. The summed E-state index contributed by atoms with van der Waals surface area (Å²) in [4.78, 5) is 14.3. The summed E-state index contributed by atoms with van der Waals surface area (Å²) in [5, 5.41) is 0. The van der Waals surface area contributed by atoms with Gasteiger partial charge in [-0.2, -0.15) is 0 Å². The predicted molar refractivity (Wildman–Crippen MR) is 76.8 cm³/mol. The number of hydrogen-bond donors (Lipinski definition) is 1. The second-order valence-electron chi connectivity index (χ2n) is 6.06. The summed E-state index contributed by atoms with van der Waals surface area (Å²) in [5.74, 6) is 0.965. The zero-order valence-corrected chi connectivity index (χ0v) is 12.5. The van der Waals surface area contributed by atoms with Crippen molar-refractivity contribution < 1.29 is 4.79 Å². The van der Waals surface area contributed by atoms with E-state index in [-0.39, 0.29) is 24.4 Å². The Morgan fingerprint density at radius 1 is 1.50 bits per heavy atom. The Morgan fingerprint density at radius 3 is 2.67 bits per heavy atom. The lowest BCUT2D eigenvalue weighted by Gasteiger charge is -2.53. The Labute approximate surface area is 117 Å². The van der Waals surface area contributed by atoms with E-state index < -0.39 is 0 Å². The van der Waals surface area contributed by atoms with E-state index in [2.05, 4.69) is 13.8 Å². The highest BCUT2D eigenvalue weighted by Crippen LogP contribution is 2.50. The molecule has 2 aliphatic rings. The Balaban J connectivity index is 0.00000162. The molecule has 2 fully saturated rings. The molecule has 1 spiro atoms. The minimum atomic E-state index is -0.273. The molecule has 0 aromatic rings. The Kier molecular flexibility index (Phi) is 5.47. The number of nitrogens with zero attached hydrogens (tertiary/aromatic N) is 1. The van der Waals surface area contributed by atoms with Crippen molar-refractivity contribution in [3.8, 4) is 0 Å². The maximum atomic E-state index is 12.2. The second-order valence-corrected chi connectivity index (χ2v) is 6.06. The van der Waals surface area contributed by atoms with Crippen molar-refractivity contribution in [3.63, 3.8) is 0 Å². The first kappa shape index (κ1) is 15.8. The maximum Gasteiger partial charge on any atom is 0.239 e. The van der Waals surface area contributed by atoms with Crippen LogP contribution in [-0.2, 0) is 4.79 Å². The highest BCUT2D eigenvalue weighted by atomic mass is 35.5. The average Bonchev–Trinajstić information content (AvgIpc) is 2.27. The van der Waals surface area contributed by atoms with Crippen LogP contribution in [0.15, 0.2) is 0 Å². The molecule has 1 saturated heterocycles. The van der Waals surface area contributed by atoms with Crippen molar-refractivity contribution in [2.24, 2.45) is 17.1 Å². The molecule has 1 aliphatic carbocycles. The van der Waals surface area contributed by atoms with E-state index in [0.717, 1.165) is 38.3 Å². The van der Waals surface area contributed by atoms with E-state index in [1.54, 1.807) is 0 Å². The van der Waals surface area contributed by atoms with Gasteiger partial charge < -0.3 is 10.6 Å². The molecule has 0 aromatic carbocycles. The van der Waals surface area contributed by atoms with E-state index >= 15 is 0 Å². The lowest BCUT2D eigenvalue weighted by Crippen LogP contribution is -2.56. The van der Waals surface area contributed by atoms with Gasteiger partial charge >= 0.3 is 0 Å². The van der Waals surface area contributed by atoms with Crippen LogP contribution < -0.4 is 5.73 Å². The standard InChI is InChI=1S/C14H26N2O.ClH/c1-3-5-12(15)13(17)16-9-6-11(2)14(10-16)7-4-8-14;/h11-12H,3-10,15H2,1-2H3;1H. The number of amides is 1. The van der Waals surface area contributed by atoms with Gasteiger partial charge in [0.1, 0.15) is 0 Å². The van der Waals surface area contributed by atoms with Gasteiger partial charge in [0.05, 0.1) is 6.04 Å². The molecule has 0 radical (unpaired) electrons. The van der Waals surface area contributed by atoms with Gasteiger partial charge in [-0.25, -0.2) is 0 Å². The molecule has 2 N–H and O–H groups in total. The first-order chi connectivity index (χ1) is 8.09. The van der Waals surface area contributed by atoms with Gasteiger partial charge in [0.15, 0.2) is 0 Å². The fourth-order valence-corrected chi connectivity index (χ4v) is 3.41. The Morgan fingerprint density at radius 2 is 2.17 bits per heavy atom. The molecule has 4 heteroatoms. The summed E-state index contributed by atoms with van der Waals surface area (Å²) in [5.41, 5.74) is 6.39. The van der Waals surface area contributed by atoms with Crippen molar-refractivity contribution in [1.82, 2.24) is 4.90 Å². The van der Waals surface area contributed by atoms with E-state index in [4.69, 9.17) is 5.73 Å². The monoisotopic (exact) mass is 274 g/mol. The van der Waals surface area contributed by atoms with Gasteiger partial charge in [-0.1, -0.05) is 26.7 Å². The summed E-state index contributed by atoms with van der Waals surface area (Å²) < 4.78 is 0.